The topological polar surface area (TPSA) is 54.2 Å². The molecule has 0 fully saturated rings. The third-order valence-corrected chi connectivity index (χ3v) is 5.33. The molecule has 24 heavy (non-hydrogen) atoms. The zero-order valence-corrected chi connectivity index (χ0v) is 15.6. The van der Waals surface area contributed by atoms with Gasteiger partial charge in [0, 0.05) is 48.4 Å². The van der Waals surface area contributed by atoms with Crippen molar-refractivity contribution < 1.29 is 0 Å². The number of imidazole rings is 1. The number of aryl methyl sites for hydroxylation is 3. The van der Waals surface area contributed by atoms with E-state index in [1.54, 1.807) is 0 Å². The molecule has 2 N–H and O–H groups in total. The van der Waals surface area contributed by atoms with Crippen LogP contribution in [0.2, 0.25) is 0 Å². The molecule has 2 aromatic heterocycles. The van der Waals surface area contributed by atoms with Crippen LogP contribution < -0.4 is 10.6 Å². The summed E-state index contributed by atoms with van der Waals surface area (Å²) >= 11 is 1.86. The Kier molecular flexibility index (Phi) is 5.56. The Hall–Kier alpha value is -1.82. The molecular formula is C18H27N5S. The normalized spacial score (nSPS) is 15.9. The molecule has 130 valence electrons. The first kappa shape index (κ1) is 17.0. The van der Waals surface area contributed by atoms with Crippen LogP contribution in [0, 0.1) is 6.92 Å². The minimum Gasteiger partial charge on any atom is -0.354 e. The standard InChI is InChI=1S/C18H27N5S/c1-13(10-16-8-7-14(2)24-16)21-18(19-3)20-11-15-12-23-9-5-4-6-17(23)22-15/h7-8,12-13H,4-6,9-11H2,1-3H3,(H2,19,20,21). The van der Waals surface area contributed by atoms with E-state index in [0.717, 1.165) is 31.0 Å². The van der Waals surface area contributed by atoms with Crippen molar-refractivity contribution in [3.05, 3.63) is 39.6 Å². The molecule has 0 saturated carbocycles. The molecule has 5 nitrogen and oxygen atoms in total. The Morgan fingerprint density at radius 3 is 3.00 bits per heavy atom. The zero-order chi connectivity index (χ0) is 16.9. The molecule has 0 amide bonds. The second-order valence-corrected chi connectivity index (χ2v) is 7.86. The Bertz CT molecular complexity index is 677. The molecule has 0 bridgehead atoms. The molecule has 0 aromatic carbocycles. The highest BCUT2D eigenvalue weighted by molar-refractivity contribution is 7.11. The van der Waals surface area contributed by atoms with Crippen molar-refractivity contribution in [3.8, 4) is 0 Å². The Morgan fingerprint density at radius 1 is 1.42 bits per heavy atom. The van der Waals surface area contributed by atoms with Gasteiger partial charge in [0.25, 0.3) is 0 Å². The van der Waals surface area contributed by atoms with Crippen LogP contribution in [0.4, 0.5) is 0 Å². The molecule has 1 aliphatic rings. The van der Waals surface area contributed by atoms with Crippen molar-refractivity contribution in [2.24, 2.45) is 4.99 Å². The molecule has 3 heterocycles. The highest BCUT2D eigenvalue weighted by Gasteiger charge is 2.13. The van der Waals surface area contributed by atoms with Crippen molar-refractivity contribution in [1.82, 2.24) is 20.2 Å². The van der Waals surface area contributed by atoms with Crippen molar-refractivity contribution in [1.29, 1.82) is 0 Å². The van der Waals surface area contributed by atoms with Gasteiger partial charge in [0.1, 0.15) is 5.82 Å². The van der Waals surface area contributed by atoms with Crippen molar-refractivity contribution in [2.75, 3.05) is 7.05 Å². The first-order valence-electron chi connectivity index (χ1n) is 8.71. The SMILES string of the molecule is CN=C(NCc1cn2c(n1)CCCC2)NC(C)Cc1ccc(C)s1. The quantitative estimate of drug-likeness (QED) is 0.647. The summed E-state index contributed by atoms with van der Waals surface area (Å²) in [6.45, 7) is 6.16. The fourth-order valence-electron chi connectivity index (χ4n) is 3.11. The lowest BCUT2D eigenvalue weighted by molar-refractivity contribution is 0.522. The number of thiophene rings is 1. The third-order valence-electron chi connectivity index (χ3n) is 4.31. The molecular weight excluding hydrogens is 318 g/mol. The summed E-state index contributed by atoms with van der Waals surface area (Å²) in [6, 6.07) is 4.73. The van der Waals surface area contributed by atoms with Gasteiger partial charge >= 0.3 is 0 Å². The van der Waals surface area contributed by atoms with Crippen LogP contribution >= 0.6 is 11.3 Å². The highest BCUT2D eigenvalue weighted by atomic mass is 32.1. The molecule has 6 heteroatoms. The number of nitrogens with zero attached hydrogens (tertiary/aromatic N) is 3. The van der Waals surface area contributed by atoms with Crippen LogP contribution in [0.1, 0.15) is 41.0 Å². The first-order valence-corrected chi connectivity index (χ1v) is 9.53. The monoisotopic (exact) mass is 345 g/mol. The summed E-state index contributed by atoms with van der Waals surface area (Å²) in [4.78, 5) is 11.8. The molecule has 1 aliphatic heterocycles. The lowest BCUT2D eigenvalue weighted by atomic mass is 10.2. The summed E-state index contributed by atoms with van der Waals surface area (Å²) in [5, 5.41) is 6.85. The minimum absolute atomic E-state index is 0.337. The maximum atomic E-state index is 4.73. The lowest BCUT2D eigenvalue weighted by Crippen LogP contribution is -2.42. The van der Waals surface area contributed by atoms with Crippen LogP contribution in [0.3, 0.4) is 0 Å². The number of nitrogens with one attached hydrogen (secondary N) is 2. The number of rotatable bonds is 5. The summed E-state index contributed by atoms with van der Waals surface area (Å²) < 4.78 is 2.29. The predicted octanol–water partition coefficient (Wildman–Crippen LogP) is 2.89. The average molecular weight is 346 g/mol. The van der Waals surface area contributed by atoms with Gasteiger partial charge in [-0.2, -0.15) is 0 Å². The van der Waals surface area contributed by atoms with Gasteiger partial charge in [0.2, 0.25) is 0 Å². The van der Waals surface area contributed by atoms with E-state index in [0.29, 0.717) is 12.6 Å². The average Bonchev–Trinajstić information content (AvgIpc) is 3.16. The number of guanidine groups is 1. The van der Waals surface area contributed by atoms with E-state index in [1.165, 1.54) is 28.4 Å². The smallest absolute Gasteiger partial charge is 0.191 e. The van der Waals surface area contributed by atoms with E-state index in [1.807, 2.05) is 18.4 Å². The molecule has 0 spiro atoms. The van der Waals surface area contributed by atoms with E-state index >= 15 is 0 Å². The number of hydrogen-bond acceptors (Lipinski definition) is 3. The predicted molar refractivity (Wildman–Crippen MR) is 101 cm³/mol. The number of aromatic nitrogens is 2. The van der Waals surface area contributed by atoms with Crippen molar-refractivity contribution >= 4 is 17.3 Å². The van der Waals surface area contributed by atoms with Crippen LogP contribution in [-0.4, -0.2) is 28.6 Å². The zero-order valence-electron chi connectivity index (χ0n) is 14.8. The summed E-state index contributed by atoms with van der Waals surface area (Å²) in [6.07, 6.45) is 6.81. The van der Waals surface area contributed by atoms with E-state index in [-0.39, 0.29) is 0 Å². The van der Waals surface area contributed by atoms with E-state index in [9.17, 15) is 0 Å². The molecule has 1 unspecified atom stereocenters. The largest absolute Gasteiger partial charge is 0.354 e. The molecule has 0 radical (unpaired) electrons. The maximum Gasteiger partial charge on any atom is 0.191 e. The van der Waals surface area contributed by atoms with Gasteiger partial charge in [-0.15, -0.1) is 11.3 Å². The van der Waals surface area contributed by atoms with Crippen molar-refractivity contribution in [3.63, 3.8) is 0 Å². The molecule has 3 rings (SSSR count). The van der Waals surface area contributed by atoms with E-state index in [4.69, 9.17) is 4.98 Å². The highest BCUT2D eigenvalue weighted by Crippen LogP contribution is 2.17. The summed E-state index contributed by atoms with van der Waals surface area (Å²) in [5.74, 6) is 2.06. The number of aliphatic imine (C=N–C) groups is 1. The Balaban J connectivity index is 1.50. The molecule has 0 aliphatic carbocycles. The van der Waals surface area contributed by atoms with Gasteiger partial charge in [0.15, 0.2) is 5.96 Å². The van der Waals surface area contributed by atoms with E-state index in [2.05, 4.69) is 52.4 Å². The lowest BCUT2D eigenvalue weighted by Gasteiger charge is -2.17. The molecule has 0 saturated heterocycles. The fraction of sp³-hybridized carbons (Fsp3) is 0.556. The van der Waals surface area contributed by atoms with Gasteiger partial charge < -0.3 is 15.2 Å². The second-order valence-electron chi connectivity index (χ2n) is 6.49. The second kappa shape index (κ2) is 7.83. The van der Waals surface area contributed by atoms with Crippen LogP contribution in [0.25, 0.3) is 0 Å². The fourth-order valence-corrected chi connectivity index (χ4v) is 4.13. The van der Waals surface area contributed by atoms with Gasteiger partial charge in [-0.05, 0) is 38.8 Å². The van der Waals surface area contributed by atoms with Gasteiger partial charge in [-0.25, -0.2) is 4.98 Å². The van der Waals surface area contributed by atoms with Crippen LogP contribution in [0.15, 0.2) is 23.3 Å². The molecule has 2 aromatic rings. The summed E-state index contributed by atoms with van der Waals surface area (Å²) in [5.41, 5.74) is 1.09. The number of hydrogen-bond donors (Lipinski definition) is 2. The minimum atomic E-state index is 0.337. The van der Waals surface area contributed by atoms with Crippen LogP contribution in [-0.2, 0) is 25.9 Å². The van der Waals surface area contributed by atoms with E-state index < -0.39 is 0 Å². The number of fused-ring (bicyclic) bond motifs is 1. The molecule has 1 atom stereocenters. The van der Waals surface area contributed by atoms with Crippen LogP contribution in [0.5, 0.6) is 0 Å². The maximum absolute atomic E-state index is 4.73. The Morgan fingerprint density at radius 2 is 2.29 bits per heavy atom. The van der Waals surface area contributed by atoms with Crippen molar-refractivity contribution in [2.45, 2.75) is 58.7 Å². The Labute approximate surface area is 148 Å². The third kappa shape index (κ3) is 4.38. The first-order chi connectivity index (χ1) is 11.6. The van der Waals surface area contributed by atoms with Gasteiger partial charge in [0.05, 0.1) is 12.2 Å². The van der Waals surface area contributed by atoms with Gasteiger partial charge in [-0.3, -0.25) is 4.99 Å². The van der Waals surface area contributed by atoms with Gasteiger partial charge in [-0.1, -0.05) is 0 Å². The summed E-state index contributed by atoms with van der Waals surface area (Å²) in [7, 11) is 1.82.